The molecule has 1 unspecified atom stereocenters. The summed E-state index contributed by atoms with van der Waals surface area (Å²) in [5, 5.41) is 9.06. The van der Waals surface area contributed by atoms with Gasteiger partial charge in [0.25, 0.3) is 0 Å². The van der Waals surface area contributed by atoms with Gasteiger partial charge >= 0.3 is 0 Å². The molecule has 20 heavy (non-hydrogen) atoms. The van der Waals surface area contributed by atoms with Gasteiger partial charge < -0.3 is 10.8 Å². The van der Waals surface area contributed by atoms with Gasteiger partial charge in [-0.25, -0.2) is 12.8 Å². The lowest BCUT2D eigenvalue weighted by atomic mass is 10.0. The van der Waals surface area contributed by atoms with Crippen molar-refractivity contribution in [1.29, 1.82) is 0 Å². The van der Waals surface area contributed by atoms with Crippen molar-refractivity contribution in [2.75, 3.05) is 18.9 Å². The Morgan fingerprint density at radius 3 is 2.80 bits per heavy atom. The summed E-state index contributed by atoms with van der Waals surface area (Å²) in [6.07, 6.45) is 2.88. The van der Waals surface area contributed by atoms with Crippen molar-refractivity contribution in [3.05, 3.63) is 24.0 Å². The average Bonchev–Trinajstić information content (AvgIpc) is 2.42. The quantitative estimate of drug-likeness (QED) is 0.822. The second kappa shape index (κ2) is 6.07. The van der Waals surface area contributed by atoms with E-state index in [2.05, 4.69) is 0 Å². The predicted molar refractivity (Wildman–Crippen MR) is 74.0 cm³/mol. The molecule has 1 aliphatic rings. The van der Waals surface area contributed by atoms with Crippen LogP contribution in [-0.4, -0.2) is 37.0 Å². The summed E-state index contributed by atoms with van der Waals surface area (Å²) in [6.45, 7) is 0.368. The van der Waals surface area contributed by atoms with Crippen LogP contribution in [0.15, 0.2) is 23.1 Å². The normalized spacial score (nSPS) is 21.0. The van der Waals surface area contributed by atoms with Crippen LogP contribution >= 0.6 is 0 Å². The monoisotopic (exact) mass is 302 g/mol. The summed E-state index contributed by atoms with van der Waals surface area (Å²) in [5.41, 5.74) is 5.26. The van der Waals surface area contributed by atoms with Crippen molar-refractivity contribution < 1.29 is 17.9 Å². The summed E-state index contributed by atoms with van der Waals surface area (Å²) in [6, 6.07) is 3.23. The minimum absolute atomic E-state index is 0.00115. The first kappa shape index (κ1) is 15.2. The molecule has 0 saturated carbocycles. The van der Waals surface area contributed by atoms with Crippen LogP contribution in [0.2, 0.25) is 0 Å². The summed E-state index contributed by atoms with van der Waals surface area (Å²) in [4.78, 5) is 0.00115. The van der Waals surface area contributed by atoms with Crippen molar-refractivity contribution >= 4 is 15.7 Å². The Morgan fingerprint density at radius 2 is 2.15 bits per heavy atom. The molecule has 1 heterocycles. The zero-order valence-corrected chi connectivity index (χ0v) is 11.9. The van der Waals surface area contributed by atoms with E-state index >= 15 is 0 Å². The Labute approximate surface area is 118 Å². The molecule has 0 aromatic heterocycles. The minimum atomic E-state index is -3.70. The lowest BCUT2D eigenvalue weighted by molar-refractivity contribution is 0.192. The number of benzene rings is 1. The summed E-state index contributed by atoms with van der Waals surface area (Å²) in [5.74, 6) is -0.630. The van der Waals surface area contributed by atoms with E-state index in [0.717, 1.165) is 31.4 Å². The predicted octanol–water partition coefficient (Wildman–Crippen LogP) is 1.33. The van der Waals surface area contributed by atoms with Crippen molar-refractivity contribution in [3.8, 4) is 0 Å². The topological polar surface area (TPSA) is 83.6 Å². The number of nitrogens with zero attached hydrogens (tertiary/aromatic N) is 1. The van der Waals surface area contributed by atoms with E-state index in [-0.39, 0.29) is 23.2 Å². The van der Waals surface area contributed by atoms with Crippen LogP contribution in [0.4, 0.5) is 10.1 Å². The van der Waals surface area contributed by atoms with Crippen molar-refractivity contribution in [3.63, 3.8) is 0 Å². The number of rotatable bonds is 4. The number of hydrogen-bond acceptors (Lipinski definition) is 4. The summed E-state index contributed by atoms with van der Waals surface area (Å²) < 4.78 is 39.8. The Kier molecular flexibility index (Phi) is 4.62. The number of nitrogen functional groups attached to an aromatic ring is 1. The maximum absolute atomic E-state index is 13.2. The SMILES string of the molecule is Nc1cc(S(=O)(=O)N2CCCCC2CCO)ccc1F. The molecule has 5 nitrogen and oxygen atoms in total. The molecule has 0 spiro atoms. The highest BCUT2D eigenvalue weighted by molar-refractivity contribution is 7.89. The largest absolute Gasteiger partial charge is 0.396 e. The molecule has 1 aromatic rings. The summed E-state index contributed by atoms with van der Waals surface area (Å²) in [7, 11) is -3.70. The molecule has 1 fully saturated rings. The smallest absolute Gasteiger partial charge is 0.243 e. The van der Waals surface area contributed by atoms with Gasteiger partial charge in [0.1, 0.15) is 5.82 Å². The first-order valence-corrected chi connectivity index (χ1v) is 8.08. The van der Waals surface area contributed by atoms with E-state index in [1.807, 2.05) is 0 Å². The van der Waals surface area contributed by atoms with Crippen LogP contribution in [-0.2, 0) is 10.0 Å². The Hall–Kier alpha value is -1.18. The third-order valence-corrected chi connectivity index (χ3v) is 5.56. The fraction of sp³-hybridized carbons (Fsp3) is 0.538. The molecule has 0 aliphatic carbocycles. The molecular weight excluding hydrogens is 283 g/mol. The first-order valence-electron chi connectivity index (χ1n) is 6.64. The maximum Gasteiger partial charge on any atom is 0.243 e. The zero-order valence-electron chi connectivity index (χ0n) is 11.1. The molecule has 1 atom stereocenters. The molecule has 7 heteroatoms. The van der Waals surface area contributed by atoms with Gasteiger partial charge in [0.15, 0.2) is 0 Å². The number of aliphatic hydroxyl groups is 1. The van der Waals surface area contributed by atoms with Crippen molar-refractivity contribution in [2.24, 2.45) is 0 Å². The number of sulfonamides is 1. The van der Waals surface area contributed by atoms with E-state index in [4.69, 9.17) is 10.8 Å². The van der Waals surface area contributed by atoms with E-state index in [9.17, 15) is 12.8 Å². The van der Waals surface area contributed by atoms with Crippen molar-refractivity contribution in [2.45, 2.75) is 36.6 Å². The number of halogens is 1. The second-order valence-corrected chi connectivity index (χ2v) is 6.85. The first-order chi connectivity index (χ1) is 9.46. The highest BCUT2D eigenvalue weighted by atomic mass is 32.2. The third-order valence-electron chi connectivity index (χ3n) is 3.61. The third kappa shape index (κ3) is 2.94. The number of anilines is 1. The second-order valence-electron chi connectivity index (χ2n) is 4.96. The Balaban J connectivity index is 2.34. The molecule has 2 rings (SSSR count). The van der Waals surface area contributed by atoms with Gasteiger partial charge in [-0.05, 0) is 37.5 Å². The lowest BCUT2D eigenvalue weighted by Gasteiger charge is -2.34. The molecule has 0 amide bonds. The number of nitrogens with two attached hydrogens (primary N) is 1. The fourth-order valence-corrected chi connectivity index (χ4v) is 4.31. The molecule has 1 aliphatic heterocycles. The summed E-state index contributed by atoms with van der Waals surface area (Å²) >= 11 is 0. The zero-order chi connectivity index (χ0) is 14.8. The van der Waals surface area contributed by atoms with E-state index in [1.165, 1.54) is 10.4 Å². The number of hydrogen-bond donors (Lipinski definition) is 2. The molecule has 1 saturated heterocycles. The molecule has 1 aromatic carbocycles. The van der Waals surface area contributed by atoms with Crippen LogP contribution in [0.25, 0.3) is 0 Å². The van der Waals surface area contributed by atoms with Crippen LogP contribution in [0.5, 0.6) is 0 Å². The highest BCUT2D eigenvalue weighted by Gasteiger charge is 2.33. The molecule has 0 bridgehead atoms. The average molecular weight is 302 g/mol. The van der Waals surface area contributed by atoms with Gasteiger partial charge in [-0.2, -0.15) is 4.31 Å². The minimum Gasteiger partial charge on any atom is -0.396 e. The molecule has 3 N–H and O–H groups in total. The standard InChI is InChI=1S/C13H19FN2O3S/c14-12-5-4-11(9-13(12)15)20(18,19)16-7-2-1-3-10(16)6-8-17/h4-5,9-10,17H,1-3,6-8,15H2. The van der Waals surface area contributed by atoms with Crippen LogP contribution in [0, 0.1) is 5.82 Å². The molecule has 112 valence electrons. The van der Waals surface area contributed by atoms with Gasteiger partial charge in [0, 0.05) is 19.2 Å². The van der Waals surface area contributed by atoms with Crippen LogP contribution in [0.1, 0.15) is 25.7 Å². The van der Waals surface area contributed by atoms with Crippen LogP contribution in [0.3, 0.4) is 0 Å². The fourth-order valence-electron chi connectivity index (χ4n) is 2.55. The van der Waals surface area contributed by atoms with Gasteiger partial charge in [0.2, 0.25) is 10.0 Å². The number of piperidine rings is 1. The van der Waals surface area contributed by atoms with E-state index < -0.39 is 15.8 Å². The van der Waals surface area contributed by atoms with Gasteiger partial charge in [-0.3, -0.25) is 0 Å². The van der Waals surface area contributed by atoms with Gasteiger partial charge in [0.05, 0.1) is 10.6 Å². The maximum atomic E-state index is 13.2. The number of aliphatic hydroxyl groups excluding tert-OH is 1. The van der Waals surface area contributed by atoms with Crippen LogP contribution < -0.4 is 5.73 Å². The van der Waals surface area contributed by atoms with Gasteiger partial charge in [-0.1, -0.05) is 6.42 Å². The van der Waals surface area contributed by atoms with E-state index in [1.54, 1.807) is 0 Å². The highest BCUT2D eigenvalue weighted by Crippen LogP contribution is 2.28. The van der Waals surface area contributed by atoms with E-state index in [0.29, 0.717) is 13.0 Å². The Bertz CT molecular complexity index is 575. The molecule has 0 radical (unpaired) electrons. The Morgan fingerprint density at radius 1 is 1.40 bits per heavy atom. The molecular formula is C13H19FN2O3S. The van der Waals surface area contributed by atoms with Crippen molar-refractivity contribution in [1.82, 2.24) is 4.31 Å². The lowest BCUT2D eigenvalue weighted by Crippen LogP contribution is -2.44. The van der Waals surface area contributed by atoms with Gasteiger partial charge in [-0.15, -0.1) is 0 Å².